The Morgan fingerprint density at radius 3 is 2.72 bits per heavy atom. The molecule has 1 saturated heterocycles. The summed E-state index contributed by atoms with van der Waals surface area (Å²) in [6.07, 6.45) is 5.05. The van der Waals surface area contributed by atoms with Gasteiger partial charge in [0.1, 0.15) is 0 Å². The van der Waals surface area contributed by atoms with E-state index in [4.69, 9.17) is 27.9 Å². The molecule has 0 aliphatic carbocycles. The standard InChI is InChI=1S/C16H18Cl2N6O/c1-25-16-21-14(20-15(22-16)24-8-3-2-4-9-24)23-19-10-11-6-5-7-12(17)13(11)18/h5-7,10H,2-4,8-9H2,1H3,(H,20,21,22,23)/b19-10-. The fourth-order valence-corrected chi connectivity index (χ4v) is 2.86. The maximum atomic E-state index is 6.13. The molecule has 25 heavy (non-hydrogen) atoms. The number of anilines is 2. The summed E-state index contributed by atoms with van der Waals surface area (Å²) in [5.74, 6) is 0.895. The number of piperidine rings is 1. The van der Waals surface area contributed by atoms with Gasteiger partial charge in [0.2, 0.25) is 5.95 Å². The molecule has 0 radical (unpaired) electrons. The smallest absolute Gasteiger partial charge is 0.322 e. The van der Waals surface area contributed by atoms with Gasteiger partial charge in [-0.25, -0.2) is 5.43 Å². The second kappa shape index (κ2) is 8.31. The zero-order chi connectivity index (χ0) is 17.6. The Labute approximate surface area is 156 Å². The molecule has 1 aromatic carbocycles. The lowest BCUT2D eigenvalue weighted by Gasteiger charge is -2.26. The number of nitrogens with zero attached hydrogens (tertiary/aromatic N) is 5. The van der Waals surface area contributed by atoms with Crippen LogP contribution in [0.1, 0.15) is 24.8 Å². The molecule has 1 aliphatic heterocycles. The van der Waals surface area contributed by atoms with E-state index in [1.54, 1.807) is 18.3 Å². The summed E-state index contributed by atoms with van der Waals surface area (Å²) >= 11 is 12.1. The van der Waals surface area contributed by atoms with Crippen molar-refractivity contribution in [2.45, 2.75) is 19.3 Å². The molecule has 132 valence electrons. The van der Waals surface area contributed by atoms with Crippen molar-refractivity contribution in [3.8, 4) is 6.01 Å². The van der Waals surface area contributed by atoms with Crippen molar-refractivity contribution in [3.05, 3.63) is 33.8 Å². The summed E-state index contributed by atoms with van der Waals surface area (Å²) in [6.45, 7) is 1.85. The van der Waals surface area contributed by atoms with E-state index in [9.17, 15) is 0 Å². The molecule has 0 atom stereocenters. The molecule has 1 aliphatic rings. The van der Waals surface area contributed by atoms with Gasteiger partial charge in [0.05, 0.1) is 23.4 Å². The predicted octanol–water partition coefficient (Wildman–Crippen LogP) is 3.62. The van der Waals surface area contributed by atoms with E-state index in [0.29, 0.717) is 27.5 Å². The van der Waals surface area contributed by atoms with Crippen LogP contribution in [0, 0.1) is 0 Å². The van der Waals surface area contributed by atoms with Gasteiger partial charge in [-0.05, 0) is 25.3 Å². The van der Waals surface area contributed by atoms with Crippen LogP contribution in [0.3, 0.4) is 0 Å². The highest BCUT2D eigenvalue weighted by molar-refractivity contribution is 6.43. The van der Waals surface area contributed by atoms with Crippen LogP contribution in [-0.2, 0) is 0 Å². The van der Waals surface area contributed by atoms with Crippen LogP contribution >= 0.6 is 23.2 Å². The van der Waals surface area contributed by atoms with Gasteiger partial charge in [-0.2, -0.15) is 20.1 Å². The van der Waals surface area contributed by atoms with E-state index in [1.807, 2.05) is 6.07 Å². The molecule has 2 aromatic rings. The first kappa shape index (κ1) is 17.7. The molecule has 1 fully saturated rings. The Morgan fingerprint density at radius 1 is 1.16 bits per heavy atom. The topological polar surface area (TPSA) is 75.5 Å². The van der Waals surface area contributed by atoms with Crippen molar-refractivity contribution < 1.29 is 4.74 Å². The fourth-order valence-electron chi connectivity index (χ4n) is 2.50. The molecule has 7 nitrogen and oxygen atoms in total. The lowest BCUT2D eigenvalue weighted by molar-refractivity contribution is 0.378. The summed E-state index contributed by atoms with van der Waals surface area (Å²) in [4.78, 5) is 15.0. The summed E-state index contributed by atoms with van der Waals surface area (Å²) in [5, 5.41) is 5.04. The van der Waals surface area contributed by atoms with E-state index >= 15 is 0 Å². The van der Waals surface area contributed by atoms with Gasteiger partial charge in [-0.1, -0.05) is 35.3 Å². The number of halogens is 2. The second-order valence-electron chi connectivity index (χ2n) is 5.51. The lowest BCUT2D eigenvalue weighted by Crippen LogP contribution is -2.31. The normalized spacial score (nSPS) is 14.8. The summed E-state index contributed by atoms with van der Waals surface area (Å²) in [5.41, 5.74) is 3.49. The van der Waals surface area contributed by atoms with Gasteiger partial charge in [0, 0.05) is 18.7 Å². The summed E-state index contributed by atoms with van der Waals surface area (Å²) in [7, 11) is 1.52. The van der Waals surface area contributed by atoms with Gasteiger partial charge < -0.3 is 9.64 Å². The number of aromatic nitrogens is 3. The number of hydrogen-bond donors (Lipinski definition) is 1. The van der Waals surface area contributed by atoms with E-state index in [2.05, 4.69) is 30.4 Å². The minimum Gasteiger partial charge on any atom is -0.467 e. The number of ether oxygens (including phenoxy) is 1. The van der Waals surface area contributed by atoms with E-state index in [1.165, 1.54) is 13.5 Å². The SMILES string of the molecule is COc1nc(N/N=C\c2cccc(Cl)c2Cl)nc(N2CCCCC2)n1. The molecule has 2 heterocycles. The minimum atomic E-state index is 0.245. The average Bonchev–Trinajstić information content (AvgIpc) is 2.65. The average molecular weight is 381 g/mol. The first-order chi connectivity index (χ1) is 12.2. The van der Waals surface area contributed by atoms with Gasteiger partial charge in [-0.15, -0.1) is 0 Å². The highest BCUT2D eigenvalue weighted by Gasteiger charge is 2.16. The second-order valence-corrected chi connectivity index (χ2v) is 6.29. The number of hydrogen-bond acceptors (Lipinski definition) is 7. The third-order valence-corrected chi connectivity index (χ3v) is 4.61. The number of methoxy groups -OCH3 is 1. The summed E-state index contributed by atoms with van der Waals surface area (Å²) in [6, 6.07) is 5.58. The largest absolute Gasteiger partial charge is 0.467 e. The Hall–Kier alpha value is -2.12. The van der Waals surface area contributed by atoms with Crippen LogP contribution in [0.15, 0.2) is 23.3 Å². The molecular formula is C16H18Cl2N6O. The highest BCUT2D eigenvalue weighted by Crippen LogP contribution is 2.24. The Kier molecular flexibility index (Phi) is 5.88. The van der Waals surface area contributed by atoms with Crippen molar-refractivity contribution in [1.82, 2.24) is 15.0 Å². The molecule has 0 spiro atoms. The van der Waals surface area contributed by atoms with Gasteiger partial charge in [0.15, 0.2) is 0 Å². The van der Waals surface area contributed by atoms with Crippen LogP contribution in [0.2, 0.25) is 10.0 Å². The van der Waals surface area contributed by atoms with Gasteiger partial charge in [-0.3, -0.25) is 0 Å². The molecule has 0 amide bonds. The molecule has 9 heteroatoms. The Balaban J connectivity index is 1.77. The minimum absolute atomic E-state index is 0.245. The molecule has 0 bridgehead atoms. The third kappa shape index (κ3) is 4.49. The monoisotopic (exact) mass is 380 g/mol. The molecular weight excluding hydrogens is 363 g/mol. The zero-order valence-corrected chi connectivity index (χ0v) is 15.3. The van der Waals surface area contributed by atoms with Crippen molar-refractivity contribution in [2.75, 3.05) is 30.5 Å². The maximum absolute atomic E-state index is 6.13. The van der Waals surface area contributed by atoms with Crippen molar-refractivity contribution in [2.24, 2.45) is 5.10 Å². The van der Waals surface area contributed by atoms with Crippen LogP contribution in [0.25, 0.3) is 0 Å². The fraction of sp³-hybridized carbons (Fsp3) is 0.375. The van der Waals surface area contributed by atoms with Gasteiger partial charge in [0.25, 0.3) is 5.95 Å². The van der Waals surface area contributed by atoms with Crippen molar-refractivity contribution >= 4 is 41.3 Å². The highest BCUT2D eigenvalue weighted by atomic mass is 35.5. The maximum Gasteiger partial charge on any atom is 0.322 e. The predicted molar refractivity (Wildman–Crippen MR) is 100 cm³/mol. The Morgan fingerprint density at radius 2 is 1.96 bits per heavy atom. The quantitative estimate of drug-likeness (QED) is 0.630. The van der Waals surface area contributed by atoms with Crippen LogP contribution < -0.4 is 15.1 Å². The molecule has 1 aromatic heterocycles. The van der Waals surface area contributed by atoms with Crippen molar-refractivity contribution in [3.63, 3.8) is 0 Å². The number of rotatable bonds is 5. The van der Waals surface area contributed by atoms with Crippen LogP contribution in [0.4, 0.5) is 11.9 Å². The molecule has 0 saturated carbocycles. The Bertz CT molecular complexity index is 764. The number of benzene rings is 1. The van der Waals surface area contributed by atoms with Crippen LogP contribution in [0.5, 0.6) is 6.01 Å². The molecule has 1 N–H and O–H groups in total. The number of hydrazone groups is 1. The lowest BCUT2D eigenvalue weighted by atomic mass is 10.1. The molecule has 0 unspecified atom stereocenters. The first-order valence-electron chi connectivity index (χ1n) is 7.95. The van der Waals surface area contributed by atoms with E-state index in [0.717, 1.165) is 25.9 Å². The number of nitrogens with one attached hydrogen (secondary N) is 1. The first-order valence-corrected chi connectivity index (χ1v) is 8.71. The summed E-state index contributed by atoms with van der Waals surface area (Å²) < 4.78 is 5.17. The van der Waals surface area contributed by atoms with Crippen LogP contribution in [-0.4, -0.2) is 41.4 Å². The zero-order valence-electron chi connectivity index (χ0n) is 13.7. The van der Waals surface area contributed by atoms with E-state index in [-0.39, 0.29) is 6.01 Å². The third-order valence-electron chi connectivity index (χ3n) is 3.77. The van der Waals surface area contributed by atoms with Crippen molar-refractivity contribution in [1.29, 1.82) is 0 Å². The van der Waals surface area contributed by atoms with Gasteiger partial charge >= 0.3 is 6.01 Å². The van der Waals surface area contributed by atoms with E-state index < -0.39 is 0 Å². The molecule has 3 rings (SSSR count).